The highest BCUT2D eigenvalue weighted by molar-refractivity contribution is 5.78. The van der Waals surface area contributed by atoms with Crippen LogP contribution in [0.2, 0.25) is 0 Å². The summed E-state index contributed by atoms with van der Waals surface area (Å²) in [4.78, 5) is 11.8. The summed E-state index contributed by atoms with van der Waals surface area (Å²) in [7, 11) is 0. The summed E-state index contributed by atoms with van der Waals surface area (Å²) in [6.45, 7) is 0.909. The fourth-order valence-electron chi connectivity index (χ4n) is 2.22. The van der Waals surface area contributed by atoms with Gasteiger partial charge in [0.25, 0.3) is 0 Å². The summed E-state index contributed by atoms with van der Waals surface area (Å²) < 4.78 is 29.0. The summed E-state index contributed by atoms with van der Waals surface area (Å²) in [6.07, 6.45) is 0.141. The predicted molar refractivity (Wildman–Crippen MR) is 81.2 cm³/mol. The third-order valence-electron chi connectivity index (χ3n) is 3.29. The molecule has 1 heterocycles. The SMILES string of the molecule is O=C(Cc1cccc(F)c1)NCCOc1ccc2c(c1)OCO2. The molecule has 5 nitrogen and oxygen atoms in total. The van der Waals surface area contributed by atoms with Gasteiger partial charge in [0.15, 0.2) is 11.5 Å². The number of hydrogen-bond acceptors (Lipinski definition) is 4. The Morgan fingerprint density at radius 2 is 2.04 bits per heavy atom. The van der Waals surface area contributed by atoms with Crippen molar-refractivity contribution in [2.45, 2.75) is 6.42 Å². The fourth-order valence-corrected chi connectivity index (χ4v) is 2.22. The average molecular weight is 317 g/mol. The van der Waals surface area contributed by atoms with Gasteiger partial charge in [0, 0.05) is 6.07 Å². The Labute approximate surface area is 133 Å². The van der Waals surface area contributed by atoms with Crippen LogP contribution in [0.5, 0.6) is 17.2 Å². The lowest BCUT2D eigenvalue weighted by molar-refractivity contribution is -0.120. The molecule has 2 aromatic carbocycles. The molecule has 0 atom stereocenters. The number of nitrogens with one attached hydrogen (secondary N) is 1. The number of fused-ring (bicyclic) bond motifs is 1. The molecule has 23 heavy (non-hydrogen) atoms. The van der Waals surface area contributed by atoms with Gasteiger partial charge in [-0.15, -0.1) is 0 Å². The van der Waals surface area contributed by atoms with Crippen molar-refractivity contribution in [2.75, 3.05) is 19.9 Å². The number of carbonyl (C=O) groups is 1. The van der Waals surface area contributed by atoms with Gasteiger partial charge in [-0.25, -0.2) is 4.39 Å². The fraction of sp³-hybridized carbons (Fsp3) is 0.235. The zero-order chi connectivity index (χ0) is 16.1. The van der Waals surface area contributed by atoms with E-state index in [1.165, 1.54) is 12.1 Å². The maximum atomic E-state index is 13.0. The zero-order valence-electron chi connectivity index (χ0n) is 12.4. The maximum Gasteiger partial charge on any atom is 0.231 e. The summed E-state index contributed by atoms with van der Waals surface area (Å²) in [5.74, 6) is 1.47. The van der Waals surface area contributed by atoms with E-state index in [9.17, 15) is 9.18 Å². The van der Waals surface area contributed by atoms with E-state index in [4.69, 9.17) is 14.2 Å². The molecule has 1 aliphatic rings. The molecule has 0 bridgehead atoms. The van der Waals surface area contributed by atoms with Gasteiger partial charge in [-0.2, -0.15) is 0 Å². The van der Waals surface area contributed by atoms with Crippen molar-refractivity contribution in [3.63, 3.8) is 0 Å². The maximum absolute atomic E-state index is 13.0. The van der Waals surface area contributed by atoms with Crippen LogP contribution in [0.15, 0.2) is 42.5 Å². The van der Waals surface area contributed by atoms with Crippen molar-refractivity contribution in [3.8, 4) is 17.2 Å². The van der Waals surface area contributed by atoms with E-state index in [2.05, 4.69) is 5.32 Å². The van der Waals surface area contributed by atoms with Gasteiger partial charge < -0.3 is 19.5 Å². The Morgan fingerprint density at radius 1 is 1.17 bits per heavy atom. The van der Waals surface area contributed by atoms with Crippen LogP contribution >= 0.6 is 0 Å². The van der Waals surface area contributed by atoms with Crippen molar-refractivity contribution < 1.29 is 23.4 Å². The molecule has 0 spiro atoms. The second-order valence-electron chi connectivity index (χ2n) is 5.02. The lowest BCUT2D eigenvalue weighted by Gasteiger charge is -2.08. The normalized spacial score (nSPS) is 12.0. The molecule has 1 aliphatic heterocycles. The van der Waals surface area contributed by atoms with Crippen LogP contribution in [-0.4, -0.2) is 25.9 Å². The Bertz CT molecular complexity index is 705. The van der Waals surface area contributed by atoms with Gasteiger partial charge in [-0.1, -0.05) is 12.1 Å². The minimum absolute atomic E-state index is 0.141. The summed E-state index contributed by atoms with van der Waals surface area (Å²) in [5.41, 5.74) is 0.638. The molecular weight excluding hydrogens is 301 g/mol. The largest absolute Gasteiger partial charge is 0.492 e. The highest BCUT2D eigenvalue weighted by Crippen LogP contribution is 2.34. The second kappa shape index (κ2) is 7.00. The Hall–Kier alpha value is -2.76. The van der Waals surface area contributed by atoms with E-state index < -0.39 is 0 Å². The van der Waals surface area contributed by atoms with Crippen molar-refractivity contribution in [3.05, 3.63) is 53.8 Å². The van der Waals surface area contributed by atoms with E-state index in [1.54, 1.807) is 30.3 Å². The van der Waals surface area contributed by atoms with E-state index >= 15 is 0 Å². The lowest BCUT2D eigenvalue weighted by Crippen LogP contribution is -2.29. The Balaban J connectivity index is 1.40. The first-order valence-electron chi connectivity index (χ1n) is 7.24. The molecule has 0 aromatic heterocycles. The predicted octanol–water partition coefficient (Wildman–Crippen LogP) is 2.29. The third-order valence-corrected chi connectivity index (χ3v) is 3.29. The minimum atomic E-state index is -0.346. The van der Waals surface area contributed by atoms with Crippen LogP contribution in [-0.2, 0) is 11.2 Å². The number of carbonyl (C=O) groups excluding carboxylic acids is 1. The first-order valence-corrected chi connectivity index (χ1v) is 7.24. The molecule has 0 saturated heterocycles. The first kappa shape index (κ1) is 15.1. The molecule has 0 fully saturated rings. The quantitative estimate of drug-likeness (QED) is 0.831. The molecule has 0 aliphatic carbocycles. The molecule has 0 unspecified atom stereocenters. The summed E-state index contributed by atoms with van der Waals surface area (Å²) in [6, 6.07) is 11.3. The van der Waals surface area contributed by atoms with E-state index in [0.29, 0.717) is 36.0 Å². The Kier molecular flexibility index (Phi) is 4.61. The monoisotopic (exact) mass is 317 g/mol. The van der Waals surface area contributed by atoms with Crippen LogP contribution in [0.4, 0.5) is 4.39 Å². The van der Waals surface area contributed by atoms with Crippen LogP contribution < -0.4 is 19.5 Å². The van der Waals surface area contributed by atoms with Crippen molar-refractivity contribution in [2.24, 2.45) is 0 Å². The third kappa shape index (κ3) is 4.12. The molecule has 6 heteroatoms. The number of ether oxygens (including phenoxy) is 3. The molecule has 2 aromatic rings. The number of rotatable bonds is 6. The molecule has 120 valence electrons. The van der Waals surface area contributed by atoms with Crippen LogP contribution in [0.3, 0.4) is 0 Å². The topological polar surface area (TPSA) is 56.8 Å². The van der Waals surface area contributed by atoms with Gasteiger partial charge in [0.1, 0.15) is 18.2 Å². The average Bonchev–Trinajstić information content (AvgIpc) is 2.99. The van der Waals surface area contributed by atoms with Crippen molar-refractivity contribution in [1.82, 2.24) is 5.32 Å². The van der Waals surface area contributed by atoms with Gasteiger partial charge in [-0.05, 0) is 29.8 Å². The second-order valence-corrected chi connectivity index (χ2v) is 5.02. The molecule has 1 N–H and O–H groups in total. The molecule has 0 saturated carbocycles. The van der Waals surface area contributed by atoms with E-state index in [0.717, 1.165) is 0 Å². The van der Waals surface area contributed by atoms with Gasteiger partial charge in [0.2, 0.25) is 12.7 Å². The van der Waals surface area contributed by atoms with Crippen LogP contribution in [0.25, 0.3) is 0 Å². The Morgan fingerprint density at radius 3 is 2.91 bits per heavy atom. The van der Waals surface area contributed by atoms with Crippen molar-refractivity contribution >= 4 is 5.91 Å². The highest BCUT2D eigenvalue weighted by atomic mass is 19.1. The van der Waals surface area contributed by atoms with Gasteiger partial charge >= 0.3 is 0 Å². The number of amides is 1. The summed E-state index contributed by atoms with van der Waals surface area (Å²) >= 11 is 0. The highest BCUT2D eigenvalue weighted by Gasteiger charge is 2.13. The molecule has 1 amide bonds. The van der Waals surface area contributed by atoms with Gasteiger partial charge in [-0.3, -0.25) is 4.79 Å². The van der Waals surface area contributed by atoms with Crippen LogP contribution in [0.1, 0.15) is 5.56 Å². The van der Waals surface area contributed by atoms with Crippen molar-refractivity contribution in [1.29, 1.82) is 0 Å². The molecular formula is C17H16FNO4. The van der Waals surface area contributed by atoms with Gasteiger partial charge in [0.05, 0.1) is 13.0 Å². The minimum Gasteiger partial charge on any atom is -0.492 e. The standard InChI is InChI=1S/C17H16FNO4/c18-13-3-1-2-12(8-13)9-17(20)19-6-7-21-14-4-5-15-16(10-14)23-11-22-15/h1-5,8,10H,6-7,9,11H2,(H,19,20). The van der Waals surface area contributed by atoms with Crippen LogP contribution in [0, 0.1) is 5.82 Å². The number of hydrogen-bond donors (Lipinski definition) is 1. The smallest absolute Gasteiger partial charge is 0.231 e. The first-order chi connectivity index (χ1) is 11.2. The van der Waals surface area contributed by atoms with E-state index in [-0.39, 0.29) is 24.9 Å². The number of benzene rings is 2. The lowest BCUT2D eigenvalue weighted by atomic mass is 10.1. The zero-order valence-corrected chi connectivity index (χ0v) is 12.4. The molecule has 3 rings (SSSR count). The number of halogens is 1. The summed E-state index contributed by atoms with van der Waals surface area (Å²) in [5, 5.41) is 2.73. The van der Waals surface area contributed by atoms with E-state index in [1.807, 2.05) is 0 Å². The molecule has 0 radical (unpaired) electrons.